The first-order valence-electron chi connectivity index (χ1n) is 5.73. The van der Waals surface area contributed by atoms with Crippen LogP contribution in [0.2, 0.25) is 0 Å². The van der Waals surface area contributed by atoms with Crippen LogP contribution in [0.3, 0.4) is 0 Å². The standard InChI is InChI=1S/C10H18N4O6/c11-10(12)13-3-1-2-5(8(17)18)14-6(9(19)20)4-7(15)16/h5-6,14H,1-4H2,(H,15,16)(H,17,18)(H,19,20)(H4,11,12,13)/t5-,6?/m0/s1. The van der Waals surface area contributed by atoms with Crippen molar-refractivity contribution in [3.8, 4) is 0 Å². The van der Waals surface area contributed by atoms with Crippen molar-refractivity contribution in [3.63, 3.8) is 0 Å². The van der Waals surface area contributed by atoms with Gasteiger partial charge >= 0.3 is 17.9 Å². The summed E-state index contributed by atoms with van der Waals surface area (Å²) in [5.74, 6) is -4.16. The van der Waals surface area contributed by atoms with Crippen LogP contribution in [0.5, 0.6) is 0 Å². The molecule has 0 saturated heterocycles. The average Bonchev–Trinajstić information content (AvgIpc) is 2.30. The van der Waals surface area contributed by atoms with E-state index in [0.29, 0.717) is 6.42 Å². The molecule has 10 heteroatoms. The number of hydrogen-bond donors (Lipinski definition) is 6. The third-order valence-corrected chi connectivity index (χ3v) is 2.32. The Hall–Kier alpha value is -2.36. The zero-order valence-electron chi connectivity index (χ0n) is 10.7. The van der Waals surface area contributed by atoms with Crippen LogP contribution in [-0.2, 0) is 14.4 Å². The predicted octanol–water partition coefficient (Wildman–Crippen LogP) is -1.99. The average molecular weight is 290 g/mol. The Balaban J connectivity index is 4.50. The lowest BCUT2D eigenvalue weighted by molar-refractivity contribution is -0.147. The van der Waals surface area contributed by atoms with Crippen molar-refractivity contribution in [2.75, 3.05) is 6.54 Å². The van der Waals surface area contributed by atoms with Crippen molar-refractivity contribution in [2.45, 2.75) is 31.3 Å². The zero-order chi connectivity index (χ0) is 15.7. The first kappa shape index (κ1) is 17.6. The smallest absolute Gasteiger partial charge is 0.321 e. The summed E-state index contributed by atoms with van der Waals surface area (Å²) in [7, 11) is 0. The van der Waals surface area contributed by atoms with Crippen molar-refractivity contribution in [2.24, 2.45) is 16.5 Å². The highest BCUT2D eigenvalue weighted by atomic mass is 16.4. The van der Waals surface area contributed by atoms with Crippen molar-refractivity contribution in [1.82, 2.24) is 5.32 Å². The van der Waals surface area contributed by atoms with E-state index < -0.39 is 36.4 Å². The SMILES string of the molecule is NC(N)=NCCC[C@H](NC(CC(=O)O)C(=O)O)C(=O)O. The van der Waals surface area contributed by atoms with Crippen LogP contribution in [0.15, 0.2) is 4.99 Å². The minimum atomic E-state index is -1.48. The molecule has 0 radical (unpaired) electrons. The Bertz CT molecular complexity index is 393. The predicted molar refractivity (Wildman–Crippen MR) is 68.1 cm³/mol. The molecule has 0 bridgehead atoms. The second kappa shape index (κ2) is 8.69. The maximum Gasteiger partial charge on any atom is 0.321 e. The van der Waals surface area contributed by atoms with E-state index in [-0.39, 0.29) is 18.9 Å². The second-order valence-electron chi connectivity index (χ2n) is 3.99. The quantitative estimate of drug-likeness (QED) is 0.150. The Kier molecular flexibility index (Phi) is 7.67. The Morgan fingerprint density at radius 3 is 2.00 bits per heavy atom. The number of aliphatic imine (C=N–C) groups is 1. The van der Waals surface area contributed by atoms with E-state index in [4.69, 9.17) is 26.8 Å². The topological polar surface area (TPSA) is 188 Å². The lowest BCUT2D eigenvalue weighted by Crippen LogP contribution is -2.48. The van der Waals surface area contributed by atoms with Crippen LogP contribution in [0, 0.1) is 0 Å². The molecule has 0 fully saturated rings. The van der Waals surface area contributed by atoms with Gasteiger partial charge in [0.2, 0.25) is 0 Å². The molecule has 0 aliphatic carbocycles. The van der Waals surface area contributed by atoms with E-state index in [0.717, 1.165) is 0 Å². The molecule has 0 spiro atoms. The number of nitrogens with zero attached hydrogens (tertiary/aromatic N) is 1. The van der Waals surface area contributed by atoms with Crippen LogP contribution in [0.1, 0.15) is 19.3 Å². The fourth-order valence-electron chi connectivity index (χ4n) is 1.42. The van der Waals surface area contributed by atoms with Gasteiger partial charge in [0.05, 0.1) is 6.42 Å². The number of aliphatic carboxylic acids is 3. The van der Waals surface area contributed by atoms with E-state index in [1.165, 1.54) is 0 Å². The van der Waals surface area contributed by atoms with Gasteiger partial charge in [0.25, 0.3) is 0 Å². The summed E-state index contributed by atoms with van der Waals surface area (Å²) in [6.07, 6.45) is -0.343. The molecule has 0 aromatic rings. The Morgan fingerprint density at radius 1 is 1.05 bits per heavy atom. The summed E-state index contributed by atoms with van der Waals surface area (Å²) in [4.78, 5) is 36.0. The lowest BCUT2D eigenvalue weighted by Gasteiger charge is -2.18. The molecular formula is C10H18N4O6. The fourth-order valence-corrected chi connectivity index (χ4v) is 1.42. The van der Waals surface area contributed by atoms with E-state index in [9.17, 15) is 14.4 Å². The summed E-state index contributed by atoms with van der Waals surface area (Å²) < 4.78 is 0. The highest BCUT2D eigenvalue weighted by Gasteiger charge is 2.27. The van der Waals surface area contributed by atoms with Crippen LogP contribution in [0.4, 0.5) is 0 Å². The molecule has 10 nitrogen and oxygen atoms in total. The number of carboxylic acid groups (broad SMARTS) is 3. The summed E-state index contributed by atoms with van der Waals surface area (Å²) >= 11 is 0. The molecule has 0 aromatic heterocycles. The fraction of sp³-hybridized carbons (Fsp3) is 0.600. The van der Waals surface area contributed by atoms with E-state index in [2.05, 4.69) is 10.3 Å². The van der Waals surface area contributed by atoms with Gasteiger partial charge in [0.15, 0.2) is 5.96 Å². The summed E-state index contributed by atoms with van der Waals surface area (Å²) in [5, 5.41) is 28.6. The van der Waals surface area contributed by atoms with Crippen LogP contribution < -0.4 is 16.8 Å². The minimum Gasteiger partial charge on any atom is -0.481 e. The highest BCUT2D eigenvalue weighted by molar-refractivity contribution is 5.82. The van der Waals surface area contributed by atoms with Crippen molar-refractivity contribution >= 4 is 23.9 Å². The molecule has 0 aliphatic heterocycles. The zero-order valence-corrected chi connectivity index (χ0v) is 10.7. The van der Waals surface area contributed by atoms with Crippen molar-refractivity contribution < 1.29 is 29.7 Å². The van der Waals surface area contributed by atoms with Gasteiger partial charge in [-0.1, -0.05) is 0 Å². The molecule has 114 valence electrons. The number of hydrogen-bond acceptors (Lipinski definition) is 5. The molecule has 0 amide bonds. The summed E-state index contributed by atoms with van der Waals surface area (Å²) in [5.41, 5.74) is 10.2. The minimum absolute atomic E-state index is 0.0650. The van der Waals surface area contributed by atoms with Crippen molar-refractivity contribution in [1.29, 1.82) is 0 Å². The number of carboxylic acids is 3. The molecule has 0 aliphatic rings. The maximum absolute atomic E-state index is 11.0. The van der Waals surface area contributed by atoms with Crippen LogP contribution in [-0.4, -0.2) is 57.8 Å². The maximum atomic E-state index is 11.0. The molecule has 0 heterocycles. The van der Waals surface area contributed by atoms with Crippen LogP contribution in [0.25, 0.3) is 0 Å². The lowest BCUT2D eigenvalue weighted by atomic mass is 10.1. The third-order valence-electron chi connectivity index (χ3n) is 2.32. The highest BCUT2D eigenvalue weighted by Crippen LogP contribution is 2.03. The van der Waals surface area contributed by atoms with Crippen molar-refractivity contribution in [3.05, 3.63) is 0 Å². The largest absolute Gasteiger partial charge is 0.481 e. The summed E-state index contributed by atoms with van der Waals surface area (Å²) in [6.45, 7) is 0.199. The van der Waals surface area contributed by atoms with E-state index in [1.54, 1.807) is 0 Å². The first-order valence-corrected chi connectivity index (χ1v) is 5.73. The number of nitrogens with one attached hydrogen (secondary N) is 1. The van der Waals surface area contributed by atoms with E-state index in [1.807, 2.05) is 0 Å². The third kappa shape index (κ3) is 7.87. The molecule has 8 N–H and O–H groups in total. The molecule has 0 aromatic carbocycles. The summed E-state index contributed by atoms with van der Waals surface area (Å²) in [6, 6.07) is -2.67. The van der Waals surface area contributed by atoms with E-state index >= 15 is 0 Å². The first-order chi connectivity index (χ1) is 9.23. The van der Waals surface area contributed by atoms with Gasteiger partial charge in [-0.2, -0.15) is 0 Å². The molecular weight excluding hydrogens is 272 g/mol. The number of guanidine groups is 1. The second-order valence-corrected chi connectivity index (χ2v) is 3.99. The van der Waals surface area contributed by atoms with Crippen LogP contribution >= 0.6 is 0 Å². The van der Waals surface area contributed by atoms with Gasteiger partial charge in [-0.25, -0.2) is 0 Å². The van der Waals surface area contributed by atoms with Gasteiger partial charge < -0.3 is 26.8 Å². The normalized spacial score (nSPS) is 13.2. The molecule has 0 saturated carbocycles. The molecule has 2 atom stereocenters. The van der Waals surface area contributed by atoms with Gasteiger partial charge in [0.1, 0.15) is 12.1 Å². The number of rotatable bonds is 10. The Labute approximate surface area is 114 Å². The number of carbonyl (C=O) groups is 3. The monoisotopic (exact) mass is 290 g/mol. The Morgan fingerprint density at radius 2 is 1.60 bits per heavy atom. The van der Waals surface area contributed by atoms with Gasteiger partial charge in [-0.15, -0.1) is 0 Å². The molecule has 1 unspecified atom stereocenters. The van der Waals surface area contributed by atoms with Gasteiger partial charge in [-0.05, 0) is 12.8 Å². The van der Waals surface area contributed by atoms with Gasteiger partial charge in [-0.3, -0.25) is 24.7 Å². The van der Waals surface area contributed by atoms with Gasteiger partial charge in [0, 0.05) is 6.54 Å². The molecule has 20 heavy (non-hydrogen) atoms. The molecule has 0 rings (SSSR count). The number of nitrogens with two attached hydrogens (primary N) is 2.